The van der Waals surface area contributed by atoms with Gasteiger partial charge in [0.15, 0.2) is 0 Å². The minimum absolute atomic E-state index is 0. The van der Waals surface area contributed by atoms with Gasteiger partial charge in [-0.2, -0.15) is 0 Å². The Kier molecular flexibility index (Phi) is 10.6. The van der Waals surface area contributed by atoms with Crippen LogP contribution in [0.15, 0.2) is 60.7 Å². The van der Waals surface area contributed by atoms with Crippen molar-refractivity contribution in [2.24, 2.45) is 0 Å². The lowest BCUT2D eigenvalue weighted by Gasteiger charge is -2.16. The zero-order valence-electron chi connectivity index (χ0n) is 13.7. The van der Waals surface area contributed by atoms with Gasteiger partial charge in [0, 0.05) is 13.1 Å². The number of rotatable bonds is 10. The Morgan fingerprint density at radius 3 is 1.48 bits per heavy atom. The van der Waals surface area contributed by atoms with Gasteiger partial charge in [-0.05, 0) is 18.2 Å². The second kappa shape index (κ2) is 12.3. The number of nitrogens with zero attached hydrogens (tertiary/aromatic N) is 1. The van der Waals surface area contributed by atoms with E-state index in [2.05, 4.69) is 36.2 Å². The number of halogens is 1. The highest BCUT2D eigenvalue weighted by Gasteiger charge is 1.99. The van der Waals surface area contributed by atoms with Gasteiger partial charge >= 0.3 is 0 Å². The van der Waals surface area contributed by atoms with Crippen LogP contribution in [0.4, 0.5) is 0 Å². The lowest BCUT2D eigenvalue weighted by atomic mass is 10.2. The van der Waals surface area contributed by atoms with Crippen LogP contribution in [0.25, 0.3) is 0 Å². The minimum atomic E-state index is 0. The number of hydrogen-bond acceptors (Lipinski definition) is 3. The summed E-state index contributed by atoms with van der Waals surface area (Å²) in [6, 6.07) is 20.5. The largest absolute Gasteiger partial charge is 0.375 e. The summed E-state index contributed by atoms with van der Waals surface area (Å²) >= 11 is 0. The highest BCUT2D eigenvalue weighted by molar-refractivity contribution is 8.93. The van der Waals surface area contributed by atoms with E-state index in [-0.39, 0.29) is 17.0 Å². The van der Waals surface area contributed by atoms with E-state index in [9.17, 15) is 0 Å². The van der Waals surface area contributed by atoms with Gasteiger partial charge in [0.2, 0.25) is 0 Å². The molecule has 2 rings (SSSR count). The second-order valence-corrected chi connectivity index (χ2v) is 5.38. The normalized spacial score (nSPS) is 10.5. The number of ether oxygens (including phenoxy) is 2. The third kappa shape index (κ3) is 8.86. The van der Waals surface area contributed by atoms with Crippen molar-refractivity contribution >= 4 is 17.0 Å². The Balaban J connectivity index is 0.00000264. The molecule has 4 heteroatoms. The molecular formula is C19H26BrNO2. The van der Waals surface area contributed by atoms with E-state index in [1.165, 1.54) is 11.1 Å². The number of benzene rings is 2. The van der Waals surface area contributed by atoms with E-state index in [1.807, 2.05) is 36.4 Å². The summed E-state index contributed by atoms with van der Waals surface area (Å²) in [7, 11) is 2.09. The van der Waals surface area contributed by atoms with Crippen LogP contribution < -0.4 is 0 Å². The molecule has 0 unspecified atom stereocenters. The molecule has 126 valence electrons. The van der Waals surface area contributed by atoms with Gasteiger partial charge in [-0.25, -0.2) is 0 Å². The van der Waals surface area contributed by atoms with Gasteiger partial charge < -0.3 is 14.4 Å². The first-order valence-corrected chi connectivity index (χ1v) is 7.76. The molecule has 0 spiro atoms. The van der Waals surface area contributed by atoms with Gasteiger partial charge in [0.05, 0.1) is 26.4 Å². The van der Waals surface area contributed by atoms with E-state index in [0.717, 1.165) is 26.3 Å². The molecule has 3 nitrogen and oxygen atoms in total. The number of hydrogen-bond donors (Lipinski definition) is 0. The first-order valence-electron chi connectivity index (χ1n) is 7.76. The fourth-order valence-electron chi connectivity index (χ4n) is 2.08. The monoisotopic (exact) mass is 379 g/mol. The Bertz CT molecular complexity index is 460. The molecule has 0 aliphatic carbocycles. The Labute approximate surface area is 150 Å². The fourth-order valence-corrected chi connectivity index (χ4v) is 2.08. The third-order valence-electron chi connectivity index (χ3n) is 3.46. The average molecular weight is 380 g/mol. The van der Waals surface area contributed by atoms with Crippen LogP contribution in [0.2, 0.25) is 0 Å². The smallest absolute Gasteiger partial charge is 0.0717 e. The molecule has 2 aromatic carbocycles. The summed E-state index contributed by atoms with van der Waals surface area (Å²) in [5, 5.41) is 0. The molecule has 0 radical (unpaired) electrons. The minimum Gasteiger partial charge on any atom is -0.375 e. The molecule has 2 aromatic rings. The lowest BCUT2D eigenvalue weighted by Crippen LogP contribution is -2.27. The van der Waals surface area contributed by atoms with Gasteiger partial charge in [0.25, 0.3) is 0 Å². The molecule has 23 heavy (non-hydrogen) atoms. The Morgan fingerprint density at radius 1 is 0.696 bits per heavy atom. The molecular weight excluding hydrogens is 354 g/mol. The molecule has 0 aliphatic heterocycles. The van der Waals surface area contributed by atoms with E-state index in [0.29, 0.717) is 13.2 Å². The summed E-state index contributed by atoms with van der Waals surface area (Å²) in [5.74, 6) is 0. The van der Waals surface area contributed by atoms with Crippen LogP contribution in [-0.2, 0) is 22.7 Å². The molecule has 0 aromatic heterocycles. The summed E-state index contributed by atoms with van der Waals surface area (Å²) in [5.41, 5.74) is 2.44. The van der Waals surface area contributed by atoms with Crippen LogP contribution in [0, 0.1) is 0 Å². The van der Waals surface area contributed by atoms with Gasteiger partial charge in [-0.1, -0.05) is 60.7 Å². The fraction of sp³-hybridized carbons (Fsp3) is 0.368. The SMILES string of the molecule is Br.CN(CCOCc1ccccc1)CCOCc1ccccc1. The van der Waals surface area contributed by atoms with Crippen molar-refractivity contribution in [3.8, 4) is 0 Å². The topological polar surface area (TPSA) is 21.7 Å². The summed E-state index contributed by atoms with van der Waals surface area (Å²) < 4.78 is 11.4. The molecule has 0 N–H and O–H groups in total. The van der Waals surface area contributed by atoms with Crippen molar-refractivity contribution in [3.05, 3.63) is 71.8 Å². The van der Waals surface area contributed by atoms with Gasteiger partial charge in [0.1, 0.15) is 0 Å². The first kappa shape index (κ1) is 19.8. The molecule has 0 saturated carbocycles. The molecule has 0 atom stereocenters. The maximum Gasteiger partial charge on any atom is 0.0717 e. The zero-order chi connectivity index (χ0) is 15.5. The zero-order valence-corrected chi connectivity index (χ0v) is 15.4. The molecule has 0 amide bonds. The highest BCUT2D eigenvalue weighted by Crippen LogP contribution is 2.01. The van der Waals surface area contributed by atoms with E-state index < -0.39 is 0 Å². The summed E-state index contributed by atoms with van der Waals surface area (Å²) in [6.45, 7) is 4.68. The van der Waals surface area contributed by atoms with Crippen LogP contribution in [0.1, 0.15) is 11.1 Å². The van der Waals surface area contributed by atoms with Crippen LogP contribution in [0.5, 0.6) is 0 Å². The number of likely N-dealkylation sites (N-methyl/N-ethyl adjacent to an activating group) is 1. The second-order valence-electron chi connectivity index (χ2n) is 5.38. The van der Waals surface area contributed by atoms with Gasteiger partial charge in [-0.15, -0.1) is 17.0 Å². The molecule has 0 aliphatic rings. The summed E-state index contributed by atoms with van der Waals surface area (Å²) in [4.78, 5) is 2.23. The van der Waals surface area contributed by atoms with Gasteiger partial charge in [-0.3, -0.25) is 0 Å². The Morgan fingerprint density at radius 2 is 1.09 bits per heavy atom. The third-order valence-corrected chi connectivity index (χ3v) is 3.46. The van der Waals surface area contributed by atoms with Crippen LogP contribution in [-0.4, -0.2) is 38.3 Å². The predicted octanol–water partition coefficient (Wildman–Crippen LogP) is 3.93. The average Bonchev–Trinajstić information content (AvgIpc) is 2.57. The van der Waals surface area contributed by atoms with Crippen molar-refractivity contribution in [2.45, 2.75) is 13.2 Å². The standard InChI is InChI=1S/C19H25NO2.BrH/c1-20(12-14-21-16-18-8-4-2-5-9-18)13-15-22-17-19-10-6-3-7-11-19;/h2-11H,12-17H2,1H3;1H. The Hall–Kier alpha value is -1.20. The quantitative estimate of drug-likeness (QED) is 0.583. The van der Waals surface area contributed by atoms with Crippen molar-refractivity contribution in [3.63, 3.8) is 0 Å². The van der Waals surface area contributed by atoms with Crippen LogP contribution in [0.3, 0.4) is 0 Å². The van der Waals surface area contributed by atoms with Crippen molar-refractivity contribution in [2.75, 3.05) is 33.4 Å². The maximum atomic E-state index is 5.68. The molecule has 0 saturated heterocycles. The first-order chi connectivity index (χ1) is 10.8. The lowest BCUT2D eigenvalue weighted by molar-refractivity contribution is 0.0731. The van der Waals surface area contributed by atoms with E-state index >= 15 is 0 Å². The highest BCUT2D eigenvalue weighted by atomic mass is 79.9. The van der Waals surface area contributed by atoms with E-state index in [1.54, 1.807) is 0 Å². The van der Waals surface area contributed by atoms with Crippen molar-refractivity contribution in [1.82, 2.24) is 4.90 Å². The predicted molar refractivity (Wildman–Crippen MR) is 100 cm³/mol. The molecule has 0 bridgehead atoms. The summed E-state index contributed by atoms with van der Waals surface area (Å²) in [6.07, 6.45) is 0. The molecule has 0 fully saturated rings. The maximum absolute atomic E-state index is 5.68. The van der Waals surface area contributed by atoms with Crippen molar-refractivity contribution < 1.29 is 9.47 Å². The van der Waals surface area contributed by atoms with Crippen LogP contribution >= 0.6 is 17.0 Å². The van der Waals surface area contributed by atoms with E-state index in [4.69, 9.17) is 9.47 Å². The van der Waals surface area contributed by atoms with Crippen molar-refractivity contribution in [1.29, 1.82) is 0 Å². The molecule has 0 heterocycles.